The van der Waals surface area contributed by atoms with E-state index in [9.17, 15) is 4.79 Å². The first-order valence-electron chi connectivity index (χ1n) is 8.19. The predicted octanol–water partition coefficient (Wildman–Crippen LogP) is 4.52. The summed E-state index contributed by atoms with van der Waals surface area (Å²) < 4.78 is 2.63. The quantitative estimate of drug-likeness (QED) is 0.688. The number of aromatic nitrogens is 2. The van der Waals surface area contributed by atoms with Crippen LogP contribution in [-0.2, 0) is 0 Å². The van der Waals surface area contributed by atoms with E-state index in [-0.39, 0.29) is 11.5 Å². The number of hydrogen-bond acceptors (Lipinski definition) is 3. The molecule has 1 atom stereocenters. The highest BCUT2D eigenvalue weighted by atomic mass is 79.9. The molecular weight excluding hydrogens is 378 g/mol. The molecule has 0 bridgehead atoms. The third kappa shape index (κ3) is 3.99. The number of nitrogens with one attached hydrogen (secondary N) is 1. The minimum atomic E-state index is -0.149. The second-order valence-corrected chi connectivity index (χ2v) is 6.93. The Labute approximate surface area is 155 Å². The Balaban J connectivity index is 1.82. The van der Waals surface area contributed by atoms with Crippen LogP contribution >= 0.6 is 15.9 Å². The number of hydrogen-bond donors (Lipinski definition) is 1. The summed E-state index contributed by atoms with van der Waals surface area (Å²) in [4.78, 5) is 17.0. The Bertz CT molecular complexity index is 922. The van der Waals surface area contributed by atoms with Crippen molar-refractivity contribution in [2.24, 2.45) is 0 Å². The number of benzene rings is 2. The summed E-state index contributed by atoms with van der Waals surface area (Å²) in [5.41, 5.74) is 2.99. The van der Waals surface area contributed by atoms with Gasteiger partial charge in [0.25, 0.3) is 5.56 Å². The first kappa shape index (κ1) is 17.4. The predicted molar refractivity (Wildman–Crippen MR) is 106 cm³/mol. The van der Waals surface area contributed by atoms with E-state index in [1.165, 1.54) is 5.56 Å². The van der Waals surface area contributed by atoms with Crippen molar-refractivity contribution in [3.63, 3.8) is 0 Å². The number of aryl methyl sites for hydroxylation is 1. The molecule has 1 aromatic heterocycles. The molecule has 0 fully saturated rings. The zero-order valence-electron chi connectivity index (χ0n) is 14.2. The molecule has 0 amide bonds. The van der Waals surface area contributed by atoms with E-state index in [4.69, 9.17) is 0 Å². The lowest BCUT2D eigenvalue weighted by Gasteiger charge is -2.14. The van der Waals surface area contributed by atoms with Crippen molar-refractivity contribution >= 4 is 21.7 Å². The molecule has 1 heterocycles. The number of anilines is 1. The third-order valence-electron chi connectivity index (χ3n) is 4.20. The molecule has 0 aliphatic rings. The fourth-order valence-electron chi connectivity index (χ4n) is 2.66. The molecule has 0 aliphatic carbocycles. The van der Waals surface area contributed by atoms with E-state index in [1.54, 1.807) is 17.0 Å². The molecule has 3 rings (SSSR count). The number of halogens is 1. The van der Waals surface area contributed by atoms with Gasteiger partial charge in [0.15, 0.2) is 5.82 Å². The van der Waals surface area contributed by atoms with E-state index < -0.39 is 0 Å². The normalized spacial score (nSPS) is 12.0. The van der Waals surface area contributed by atoms with Gasteiger partial charge >= 0.3 is 0 Å². The average Bonchev–Trinajstić information content (AvgIpc) is 2.64. The summed E-state index contributed by atoms with van der Waals surface area (Å²) in [5, 5.41) is 3.19. The average molecular weight is 398 g/mol. The van der Waals surface area contributed by atoms with Crippen LogP contribution in [0.5, 0.6) is 0 Å². The van der Waals surface area contributed by atoms with Crippen LogP contribution in [0.15, 0.2) is 70.2 Å². The molecule has 0 radical (unpaired) electrons. The van der Waals surface area contributed by atoms with Crippen molar-refractivity contribution in [1.82, 2.24) is 9.55 Å². The molecule has 25 heavy (non-hydrogen) atoms. The molecule has 5 heteroatoms. The summed E-state index contributed by atoms with van der Waals surface area (Å²) >= 11 is 3.49. The van der Waals surface area contributed by atoms with Crippen molar-refractivity contribution < 1.29 is 0 Å². The second-order valence-electron chi connectivity index (χ2n) is 6.08. The van der Waals surface area contributed by atoms with Gasteiger partial charge in [0.1, 0.15) is 0 Å². The topological polar surface area (TPSA) is 46.9 Å². The smallest absolute Gasteiger partial charge is 0.297 e. The molecule has 0 unspecified atom stereocenters. The molecule has 0 spiro atoms. The lowest BCUT2D eigenvalue weighted by atomic mass is 10.0. The Morgan fingerprint density at radius 3 is 2.68 bits per heavy atom. The highest BCUT2D eigenvalue weighted by molar-refractivity contribution is 9.10. The van der Waals surface area contributed by atoms with Gasteiger partial charge in [-0.25, -0.2) is 4.98 Å². The zero-order valence-corrected chi connectivity index (χ0v) is 15.8. The van der Waals surface area contributed by atoms with Gasteiger partial charge in [-0.05, 0) is 42.2 Å². The molecule has 0 aliphatic heterocycles. The van der Waals surface area contributed by atoms with Crippen LogP contribution < -0.4 is 10.9 Å². The minimum Gasteiger partial charge on any atom is -0.365 e. The maximum absolute atomic E-state index is 12.7. The van der Waals surface area contributed by atoms with E-state index in [0.717, 1.165) is 15.7 Å². The fraction of sp³-hybridized carbons (Fsp3) is 0.200. The van der Waals surface area contributed by atoms with E-state index in [0.29, 0.717) is 12.4 Å². The largest absolute Gasteiger partial charge is 0.365 e. The van der Waals surface area contributed by atoms with Gasteiger partial charge in [0, 0.05) is 29.1 Å². The second kappa shape index (κ2) is 7.66. The van der Waals surface area contributed by atoms with E-state index in [2.05, 4.69) is 45.3 Å². The summed E-state index contributed by atoms with van der Waals surface area (Å²) in [5.74, 6) is 0.650. The minimum absolute atomic E-state index is 0.149. The molecule has 4 nitrogen and oxygen atoms in total. The SMILES string of the molecule is Cc1cc(-n2ccnc(NC[C@@H](C)c3ccccc3)c2=O)ccc1Br. The van der Waals surface area contributed by atoms with Crippen LogP contribution in [0, 0.1) is 6.92 Å². The van der Waals surface area contributed by atoms with Crippen molar-refractivity contribution in [3.05, 3.63) is 86.9 Å². The van der Waals surface area contributed by atoms with Gasteiger partial charge in [-0.1, -0.05) is 53.2 Å². The lowest BCUT2D eigenvalue weighted by molar-refractivity contribution is 0.796. The van der Waals surface area contributed by atoms with Crippen molar-refractivity contribution in [2.45, 2.75) is 19.8 Å². The fourth-order valence-corrected chi connectivity index (χ4v) is 2.91. The number of rotatable bonds is 5. The van der Waals surface area contributed by atoms with E-state index in [1.807, 2.05) is 43.3 Å². The monoisotopic (exact) mass is 397 g/mol. The summed E-state index contributed by atoms with van der Waals surface area (Å²) in [6.45, 7) is 4.78. The Morgan fingerprint density at radius 2 is 1.96 bits per heavy atom. The maximum Gasteiger partial charge on any atom is 0.297 e. The first-order valence-corrected chi connectivity index (χ1v) is 8.98. The molecule has 0 saturated carbocycles. The van der Waals surface area contributed by atoms with Crippen LogP contribution in [0.2, 0.25) is 0 Å². The third-order valence-corrected chi connectivity index (χ3v) is 5.09. The van der Waals surface area contributed by atoms with Crippen LogP contribution in [0.25, 0.3) is 5.69 Å². The Morgan fingerprint density at radius 1 is 1.20 bits per heavy atom. The Kier molecular flexibility index (Phi) is 5.34. The molecular formula is C20H20BrN3O. The van der Waals surface area contributed by atoms with Crippen molar-refractivity contribution in [1.29, 1.82) is 0 Å². The van der Waals surface area contributed by atoms with E-state index >= 15 is 0 Å². The highest BCUT2D eigenvalue weighted by Crippen LogP contribution is 2.19. The molecule has 3 aromatic rings. The number of nitrogens with zero attached hydrogens (tertiary/aromatic N) is 2. The van der Waals surface area contributed by atoms with Crippen LogP contribution in [0.3, 0.4) is 0 Å². The van der Waals surface area contributed by atoms with Crippen LogP contribution in [0.1, 0.15) is 24.0 Å². The van der Waals surface area contributed by atoms with Gasteiger partial charge in [-0.15, -0.1) is 0 Å². The molecule has 128 valence electrons. The summed E-state index contributed by atoms with van der Waals surface area (Å²) in [6.07, 6.45) is 3.34. The Hall–Kier alpha value is -2.40. The van der Waals surface area contributed by atoms with Gasteiger partial charge in [-0.3, -0.25) is 9.36 Å². The van der Waals surface area contributed by atoms with Crippen LogP contribution in [-0.4, -0.2) is 16.1 Å². The van der Waals surface area contributed by atoms with Gasteiger partial charge < -0.3 is 5.32 Å². The molecule has 2 aromatic carbocycles. The highest BCUT2D eigenvalue weighted by Gasteiger charge is 2.10. The first-order chi connectivity index (χ1) is 12.1. The van der Waals surface area contributed by atoms with Gasteiger partial charge in [-0.2, -0.15) is 0 Å². The van der Waals surface area contributed by atoms with Gasteiger partial charge in [0.2, 0.25) is 0 Å². The van der Waals surface area contributed by atoms with Gasteiger partial charge in [0.05, 0.1) is 0 Å². The zero-order chi connectivity index (χ0) is 17.8. The van der Waals surface area contributed by atoms with Crippen molar-refractivity contribution in [2.75, 3.05) is 11.9 Å². The summed E-state index contributed by atoms with van der Waals surface area (Å²) in [6, 6.07) is 16.1. The van der Waals surface area contributed by atoms with Crippen LogP contribution in [0.4, 0.5) is 5.82 Å². The standard InChI is InChI=1S/C20H20BrN3O/c1-14-12-17(8-9-18(14)21)24-11-10-22-19(20(24)25)23-13-15(2)16-6-4-3-5-7-16/h3-12,15H,13H2,1-2H3,(H,22,23)/t15-/m1/s1. The molecule has 1 N–H and O–H groups in total. The molecule has 0 saturated heterocycles. The maximum atomic E-state index is 12.7. The van der Waals surface area contributed by atoms with Crippen molar-refractivity contribution in [3.8, 4) is 5.69 Å². The summed E-state index contributed by atoms with van der Waals surface area (Å²) in [7, 11) is 0. The lowest BCUT2D eigenvalue weighted by Crippen LogP contribution is -2.24.